The minimum absolute atomic E-state index is 0.133. The molecule has 0 aromatic heterocycles. The molecule has 36 heavy (non-hydrogen) atoms. The van der Waals surface area contributed by atoms with E-state index >= 15 is 0 Å². The highest BCUT2D eigenvalue weighted by atomic mass is 32.2. The SMILES string of the molecule is CCCSCCCCCOC[C@H](NC(C)(C)C)C(=O)C(C)(C)NCCC(C)(C)OCCC(C)(C)OC. The van der Waals surface area contributed by atoms with Crippen molar-refractivity contribution in [2.24, 2.45) is 0 Å². The molecular weight excluding hydrogens is 472 g/mol. The molecule has 216 valence electrons. The van der Waals surface area contributed by atoms with Crippen molar-refractivity contribution in [1.29, 1.82) is 0 Å². The van der Waals surface area contributed by atoms with Crippen molar-refractivity contribution in [3.8, 4) is 0 Å². The van der Waals surface area contributed by atoms with Crippen LogP contribution in [0.1, 0.15) is 108 Å². The molecule has 0 aliphatic heterocycles. The predicted octanol–water partition coefficient (Wildman–Crippen LogP) is 6.01. The lowest BCUT2D eigenvalue weighted by Crippen LogP contribution is -2.60. The zero-order valence-corrected chi connectivity index (χ0v) is 26.4. The highest BCUT2D eigenvalue weighted by Gasteiger charge is 2.35. The zero-order valence-electron chi connectivity index (χ0n) is 25.6. The Balaban J connectivity index is 4.65. The number of ketones is 1. The second kappa shape index (κ2) is 17.4. The summed E-state index contributed by atoms with van der Waals surface area (Å²) < 4.78 is 17.6. The molecule has 6 nitrogen and oxygen atoms in total. The molecule has 0 radical (unpaired) electrons. The first kappa shape index (κ1) is 35.8. The van der Waals surface area contributed by atoms with Crippen molar-refractivity contribution in [3.63, 3.8) is 0 Å². The molecule has 0 unspecified atom stereocenters. The van der Waals surface area contributed by atoms with Gasteiger partial charge >= 0.3 is 0 Å². The fourth-order valence-electron chi connectivity index (χ4n) is 3.68. The molecule has 0 rings (SSSR count). The molecule has 0 aliphatic carbocycles. The van der Waals surface area contributed by atoms with Gasteiger partial charge in [-0.1, -0.05) is 13.3 Å². The van der Waals surface area contributed by atoms with Gasteiger partial charge in [-0.3, -0.25) is 4.79 Å². The number of Topliss-reactive ketones (excluding diaryl/α,β-unsaturated/α-hetero) is 1. The van der Waals surface area contributed by atoms with Crippen molar-refractivity contribution < 1.29 is 19.0 Å². The lowest BCUT2D eigenvalue weighted by atomic mass is 9.91. The summed E-state index contributed by atoms with van der Waals surface area (Å²) in [5.74, 6) is 2.61. The minimum atomic E-state index is -0.670. The molecule has 0 bridgehead atoms. The van der Waals surface area contributed by atoms with Crippen LogP contribution in [-0.4, -0.2) is 79.1 Å². The lowest BCUT2D eigenvalue weighted by Gasteiger charge is -2.35. The van der Waals surface area contributed by atoms with Crippen LogP contribution in [0.3, 0.4) is 0 Å². The van der Waals surface area contributed by atoms with Gasteiger partial charge in [0.1, 0.15) is 0 Å². The van der Waals surface area contributed by atoms with Crippen LogP contribution < -0.4 is 10.6 Å². The second-order valence-electron chi connectivity index (χ2n) is 12.7. The van der Waals surface area contributed by atoms with Gasteiger partial charge in [-0.25, -0.2) is 0 Å². The third-order valence-electron chi connectivity index (χ3n) is 6.29. The Morgan fingerprint density at radius 2 is 1.53 bits per heavy atom. The van der Waals surface area contributed by atoms with E-state index in [0.717, 1.165) is 19.3 Å². The van der Waals surface area contributed by atoms with Gasteiger partial charge < -0.3 is 24.8 Å². The normalized spacial score (nSPS) is 14.3. The van der Waals surface area contributed by atoms with Gasteiger partial charge in [0.2, 0.25) is 0 Å². The quantitative estimate of drug-likeness (QED) is 0.165. The maximum atomic E-state index is 13.5. The van der Waals surface area contributed by atoms with Crippen LogP contribution in [0.5, 0.6) is 0 Å². The van der Waals surface area contributed by atoms with Crippen molar-refractivity contribution >= 4 is 17.5 Å². The fourth-order valence-corrected chi connectivity index (χ4v) is 4.59. The lowest BCUT2D eigenvalue weighted by molar-refractivity contribution is -0.128. The maximum absolute atomic E-state index is 13.5. The molecule has 0 saturated heterocycles. The molecule has 0 aliphatic rings. The van der Waals surface area contributed by atoms with Crippen LogP contribution in [0.4, 0.5) is 0 Å². The van der Waals surface area contributed by atoms with Gasteiger partial charge in [-0.15, -0.1) is 0 Å². The van der Waals surface area contributed by atoms with E-state index in [0.29, 0.717) is 26.4 Å². The third-order valence-corrected chi connectivity index (χ3v) is 7.57. The fraction of sp³-hybridized carbons (Fsp3) is 0.966. The van der Waals surface area contributed by atoms with Gasteiger partial charge in [0.15, 0.2) is 5.78 Å². The number of carbonyl (C=O) groups is 1. The van der Waals surface area contributed by atoms with Crippen LogP contribution >= 0.6 is 11.8 Å². The van der Waals surface area contributed by atoms with Crippen LogP contribution in [0, 0.1) is 0 Å². The summed E-state index contributed by atoms with van der Waals surface area (Å²) in [4.78, 5) is 13.5. The number of rotatable bonds is 22. The molecule has 2 N–H and O–H groups in total. The van der Waals surface area contributed by atoms with Gasteiger partial charge in [-0.05, 0) is 112 Å². The van der Waals surface area contributed by atoms with Gasteiger partial charge in [0.05, 0.1) is 36.0 Å². The van der Waals surface area contributed by atoms with Gasteiger partial charge in [-0.2, -0.15) is 11.8 Å². The van der Waals surface area contributed by atoms with E-state index in [-0.39, 0.29) is 28.6 Å². The van der Waals surface area contributed by atoms with Crippen LogP contribution in [0.15, 0.2) is 0 Å². The summed E-state index contributed by atoms with van der Waals surface area (Å²) in [7, 11) is 1.73. The average Bonchev–Trinajstić information content (AvgIpc) is 2.75. The Morgan fingerprint density at radius 3 is 2.11 bits per heavy atom. The Hall–Kier alpha value is -0.180. The van der Waals surface area contributed by atoms with Gasteiger partial charge in [0, 0.05) is 19.3 Å². The molecule has 0 aromatic carbocycles. The number of thioether (sulfide) groups is 1. The Bertz CT molecular complexity index is 588. The molecule has 7 heteroatoms. The van der Waals surface area contributed by atoms with Crippen LogP contribution in [0.2, 0.25) is 0 Å². The average molecular weight is 533 g/mol. The molecule has 0 aromatic rings. The van der Waals surface area contributed by atoms with E-state index < -0.39 is 5.54 Å². The number of hydrogen-bond acceptors (Lipinski definition) is 7. The second-order valence-corrected chi connectivity index (χ2v) is 13.9. The summed E-state index contributed by atoms with van der Waals surface area (Å²) in [6.07, 6.45) is 6.34. The molecule has 0 saturated carbocycles. The maximum Gasteiger partial charge on any atom is 0.171 e. The third kappa shape index (κ3) is 18.1. The van der Waals surface area contributed by atoms with Crippen molar-refractivity contribution in [3.05, 3.63) is 0 Å². The standard InChI is InChI=1S/C29H60N2O4S/c1-12-21-36-22-15-13-14-19-34-23-24(31-26(2,3)4)25(32)29(9,10)30-18-16-28(7,8)35-20-17-27(5,6)33-11/h24,30-31H,12-23H2,1-11H3/t24-/m0/s1. The Kier molecular flexibility index (Phi) is 17.3. The Labute approximate surface area is 228 Å². The number of nitrogens with one attached hydrogen (secondary N) is 2. The van der Waals surface area contributed by atoms with E-state index in [1.165, 1.54) is 30.8 Å². The first-order valence-electron chi connectivity index (χ1n) is 14.0. The minimum Gasteiger partial charge on any atom is -0.379 e. The molecule has 0 amide bonds. The summed E-state index contributed by atoms with van der Waals surface area (Å²) in [5.41, 5.74) is -1.32. The molecule has 0 spiro atoms. The highest BCUT2D eigenvalue weighted by Crippen LogP contribution is 2.19. The van der Waals surface area contributed by atoms with Crippen molar-refractivity contribution in [2.75, 3.05) is 45.0 Å². The summed E-state index contributed by atoms with van der Waals surface area (Å²) in [6.45, 7) is 23.2. The first-order chi connectivity index (χ1) is 16.6. The number of ether oxygens (including phenoxy) is 3. The van der Waals surface area contributed by atoms with Gasteiger partial charge in [0.25, 0.3) is 0 Å². The molecular formula is C29H60N2O4S. The van der Waals surface area contributed by atoms with E-state index in [4.69, 9.17) is 14.2 Å². The number of methoxy groups -OCH3 is 1. The molecule has 0 heterocycles. The number of unbranched alkanes of at least 4 members (excludes halogenated alkanes) is 2. The number of hydrogen-bond donors (Lipinski definition) is 2. The first-order valence-corrected chi connectivity index (χ1v) is 15.1. The monoisotopic (exact) mass is 532 g/mol. The number of carbonyl (C=O) groups excluding carboxylic acids is 1. The summed E-state index contributed by atoms with van der Waals surface area (Å²) in [5, 5.41) is 6.97. The molecule has 0 fully saturated rings. The smallest absolute Gasteiger partial charge is 0.171 e. The Morgan fingerprint density at radius 1 is 0.861 bits per heavy atom. The van der Waals surface area contributed by atoms with E-state index in [2.05, 4.69) is 66.0 Å². The van der Waals surface area contributed by atoms with E-state index in [1.807, 2.05) is 25.6 Å². The van der Waals surface area contributed by atoms with Crippen LogP contribution in [0.25, 0.3) is 0 Å². The van der Waals surface area contributed by atoms with E-state index in [1.54, 1.807) is 7.11 Å². The van der Waals surface area contributed by atoms with E-state index in [9.17, 15) is 4.79 Å². The summed E-state index contributed by atoms with van der Waals surface area (Å²) in [6, 6.07) is -0.354. The largest absolute Gasteiger partial charge is 0.379 e. The predicted molar refractivity (Wildman–Crippen MR) is 156 cm³/mol. The molecule has 1 atom stereocenters. The van der Waals surface area contributed by atoms with Crippen molar-refractivity contribution in [1.82, 2.24) is 10.6 Å². The van der Waals surface area contributed by atoms with Crippen LogP contribution in [-0.2, 0) is 19.0 Å². The van der Waals surface area contributed by atoms with Crippen molar-refractivity contribution in [2.45, 2.75) is 136 Å². The summed E-state index contributed by atoms with van der Waals surface area (Å²) >= 11 is 2.03. The zero-order chi connectivity index (χ0) is 27.9. The highest BCUT2D eigenvalue weighted by molar-refractivity contribution is 7.99. The topological polar surface area (TPSA) is 68.8 Å².